The molecule has 1 unspecified atom stereocenters. The summed E-state index contributed by atoms with van der Waals surface area (Å²) in [4.78, 5) is 11.4. The van der Waals surface area contributed by atoms with Crippen LogP contribution in [-0.2, 0) is 14.9 Å². The summed E-state index contributed by atoms with van der Waals surface area (Å²) in [5, 5.41) is 0. The number of para-hydroxylation sites is 1. The van der Waals surface area contributed by atoms with Crippen molar-refractivity contribution in [2.45, 2.75) is 25.2 Å². The predicted octanol–water partition coefficient (Wildman–Crippen LogP) is 2.29. The molecule has 0 bridgehead atoms. The summed E-state index contributed by atoms with van der Waals surface area (Å²) >= 11 is 0. The Hall–Kier alpha value is -1.51. The molecule has 3 heteroatoms. The zero-order chi connectivity index (χ0) is 11.6. The van der Waals surface area contributed by atoms with Crippen molar-refractivity contribution >= 4 is 5.97 Å². The van der Waals surface area contributed by atoms with Gasteiger partial charge in [-0.25, -0.2) is 0 Å². The van der Waals surface area contributed by atoms with Gasteiger partial charge in [0.1, 0.15) is 5.75 Å². The number of esters is 1. The Labute approximate surface area is 95.4 Å². The predicted molar refractivity (Wildman–Crippen MR) is 60.5 cm³/mol. The molecule has 0 radical (unpaired) electrons. The van der Waals surface area contributed by atoms with Gasteiger partial charge in [-0.1, -0.05) is 25.1 Å². The number of fused-ring (bicyclic) bond motifs is 1. The molecule has 0 amide bonds. The fraction of sp³-hybridized carbons (Fsp3) is 0.462. The molecule has 0 saturated carbocycles. The van der Waals surface area contributed by atoms with E-state index in [-0.39, 0.29) is 11.4 Å². The zero-order valence-corrected chi connectivity index (χ0v) is 9.66. The lowest BCUT2D eigenvalue weighted by Crippen LogP contribution is -2.32. The number of methoxy groups -OCH3 is 1. The lowest BCUT2D eigenvalue weighted by atomic mass is 9.75. The Kier molecular flexibility index (Phi) is 2.86. The van der Waals surface area contributed by atoms with E-state index in [0.29, 0.717) is 13.0 Å². The SMILES string of the molecule is COC(=O)CC1(C)CCOc2ccccc21. The van der Waals surface area contributed by atoms with E-state index < -0.39 is 0 Å². The first-order chi connectivity index (χ1) is 7.65. The Balaban J connectivity index is 2.32. The van der Waals surface area contributed by atoms with Crippen LogP contribution in [0, 0.1) is 0 Å². The molecule has 16 heavy (non-hydrogen) atoms. The number of carbonyl (C=O) groups is 1. The van der Waals surface area contributed by atoms with Crippen LogP contribution in [0.1, 0.15) is 25.3 Å². The quantitative estimate of drug-likeness (QED) is 0.717. The molecule has 0 N–H and O–H groups in total. The van der Waals surface area contributed by atoms with Crippen LogP contribution in [-0.4, -0.2) is 19.7 Å². The van der Waals surface area contributed by atoms with Gasteiger partial charge in [0.05, 0.1) is 20.1 Å². The highest BCUT2D eigenvalue weighted by Crippen LogP contribution is 2.40. The molecule has 0 fully saturated rings. The first kappa shape index (κ1) is 11.0. The van der Waals surface area contributed by atoms with Gasteiger partial charge >= 0.3 is 5.97 Å². The fourth-order valence-corrected chi connectivity index (χ4v) is 2.19. The van der Waals surface area contributed by atoms with Crippen molar-refractivity contribution in [2.24, 2.45) is 0 Å². The molecule has 1 atom stereocenters. The van der Waals surface area contributed by atoms with Crippen LogP contribution in [0.4, 0.5) is 0 Å². The molecule has 1 aromatic rings. The number of carbonyl (C=O) groups excluding carboxylic acids is 1. The second-order valence-corrected chi connectivity index (χ2v) is 4.41. The average molecular weight is 220 g/mol. The van der Waals surface area contributed by atoms with Crippen molar-refractivity contribution in [3.8, 4) is 5.75 Å². The fourth-order valence-electron chi connectivity index (χ4n) is 2.19. The molecule has 0 aliphatic carbocycles. The van der Waals surface area contributed by atoms with E-state index in [1.54, 1.807) is 0 Å². The molecular formula is C13H16O3. The van der Waals surface area contributed by atoms with Crippen LogP contribution in [0.2, 0.25) is 0 Å². The van der Waals surface area contributed by atoms with Crippen LogP contribution < -0.4 is 4.74 Å². The van der Waals surface area contributed by atoms with Gasteiger partial charge in [-0.05, 0) is 12.5 Å². The minimum absolute atomic E-state index is 0.165. The van der Waals surface area contributed by atoms with E-state index in [2.05, 4.69) is 6.92 Å². The highest BCUT2D eigenvalue weighted by Gasteiger charge is 2.35. The summed E-state index contributed by atoms with van der Waals surface area (Å²) < 4.78 is 10.3. The topological polar surface area (TPSA) is 35.5 Å². The van der Waals surface area contributed by atoms with Crippen molar-refractivity contribution < 1.29 is 14.3 Å². The number of ether oxygens (including phenoxy) is 2. The second kappa shape index (κ2) is 4.16. The summed E-state index contributed by atoms with van der Waals surface area (Å²) in [5.41, 5.74) is 0.939. The van der Waals surface area contributed by atoms with E-state index in [1.165, 1.54) is 7.11 Å². The van der Waals surface area contributed by atoms with Crippen LogP contribution in [0.25, 0.3) is 0 Å². The summed E-state index contributed by atoms with van der Waals surface area (Å²) in [6.07, 6.45) is 1.25. The smallest absolute Gasteiger partial charge is 0.306 e. The highest BCUT2D eigenvalue weighted by atomic mass is 16.5. The maximum Gasteiger partial charge on any atom is 0.306 e. The normalized spacial score (nSPS) is 23.1. The minimum atomic E-state index is -0.167. The maximum atomic E-state index is 11.4. The van der Waals surface area contributed by atoms with Gasteiger partial charge < -0.3 is 9.47 Å². The molecule has 1 aliphatic heterocycles. The summed E-state index contributed by atoms with van der Waals surface area (Å²) in [6.45, 7) is 2.75. The molecule has 1 aromatic carbocycles. The van der Waals surface area contributed by atoms with Crippen molar-refractivity contribution in [3.63, 3.8) is 0 Å². The van der Waals surface area contributed by atoms with E-state index in [0.717, 1.165) is 17.7 Å². The second-order valence-electron chi connectivity index (χ2n) is 4.41. The highest BCUT2D eigenvalue weighted by molar-refractivity contribution is 5.71. The van der Waals surface area contributed by atoms with E-state index in [1.807, 2.05) is 24.3 Å². The number of hydrogen-bond donors (Lipinski definition) is 0. The number of benzene rings is 1. The standard InChI is InChI=1S/C13H16O3/c1-13(9-12(14)15-2)7-8-16-11-6-4-3-5-10(11)13/h3-6H,7-9H2,1-2H3. The Morgan fingerprint density at radius 3 is 3.00 bits per heavy atom. The largest absolute Gasteiger partial charge is 0.493 e. The monoisotopic (exact) mass is 220 g/mol. The molecule has 0 aromatic heterocycles. The van der Waals surface area contributed by atoms with Crippen LogP contribution in [0.5, 0.6) is 5.75 Å². The third-order valence-electron chi connectivity index (χ3n) is 3.21. The molecule has 86 valence electrons. The lowest BCUT2D eigenvalue weighted by molar-refractivity contribution is -0.142. The summed E-state index contributed by atoms with van der Waals surface area (Å²) in [6, 6.07) is 7.90. The van der Waals surface area contributed by atoms with Gasteiger partial charge in [-0.3, -0.25) is 4.79 Å². The molecule has 1 aliphatic rings. The molecule has 1 heterocycles. The van der Waals surface area contributed by atoms with E-state index in [9.17, 15) is 4.79 Å². The van der Waals surface area contributed by atoms with Gasteiger partial charge in [0, 0.05) is 11.0 Å². The van der Waals surface area contributed by atoms with Crippen molar-refractivity contribution in [3.05, 3.63) is 29.8 Å². The molecule has 0 spiro atoms. The molecule has 2 rings (SSSR count). The van der Waals surface area contributed by atoms with Gasteiger partial charge in [-0.2, -0.15) is 0 Å². The zero-order valence-electron chi connectivity index (χ0n) is 9.66. The Morgan fingerprint density at radius 1 is 1.50 bits per heavy atom. The van der Waals surface area contributed by atoms with Crippen molar-refractivity contribution in [1.82, 2.24) is 0 Å². The molecule has 3 nitrogen and oxygen atoms in total. The van der Waals surface area contributed by atoms with Gasteiger partial charge in [0.2, 0.25) is 0 Å². The average Bonchev–Trinajstić information content (AvgIpc) is 2.29. The maximum absolute atomic E-state index is 11.4. The van der Waals surface area contributed by atoms with Gasteiger partial charge in [0.15, 0.2) is 0 Å². The van der Waals surface area contributed by atoms with Crippen molar-refractivity contribution in [1.29, 1.82) is 0 Å². The van der Waals surface area contributed by atoms with Crippen molar-refractivity contribution in [2.75, 3.05) is 13.7 Å². The summed E-state index contributed by atoms with van der Waals surface area (Å²) in [7, 11) is 1.43. The third-order valence-corrected chi connectivity index (χ3v) is 3.21. The first-order valence-electron chi connectivity index (χ1n) is 5.45. The molecular weight excluding hydrogens is 204 g/mol. The number of rotatable bonds is 2. The van der Waals surface area contributed by atoms with E-state index >= 15 is 0 Å². The lowest BCUT2D eigenvalue weighted by Gasteiger charge is -2.34. The van der Waals surface area contributed by atoms with Gasteiger partial charge in [0.25, 0.3) is 0 Å². The van der Waals surface area contributed by atoms with Crippen LogP contribution >= 0.6 is 0 Å². The Bertz CT molecular complexity index is 400. The molecule has 0 saturated heterocycles. The summed E-state index contributed by atoms with van der Waals surface area (Å²) in [5.74, 6) is 0.722. The minimum Gasteiger partial charge on any atom is -0.493 e. The Morgan fingerprint density at radius 2 is 2.25 bits per heavy atom. The number of hydrogen-bond acceptors (Lipinski definition) is 3. The van der Waals surface area contributed by atoms with Crippen LogP contribution in [0.3, 0.4) is 0 Å². The van der Waals surface area contributed by atoms with E-state index in [4.69, 9.17) is 9.47 Å². The van der Waals surface area contributed by atoms with Gasteiger partial charge in [-0.15, -0.1) is 0 Å². The third kappa shape index (κ3) is 1.90. The first-order valence-corrected chi connectivity index (χ1v) is 5.45. The van der Waals surface area contributed by atoms with Crippen LogP contribution in [0.15, 0.2) is 24.3 Å².